The number of aryl methyl sites for hydroxylation is 1. The highest BCUT2D eigenvalue weighted by atomic mass is 16.1. The van der Waals surface area contributed by atoms with Gasteiger partial charge in [-0.3, -0.25) is 9.78 Å². The number of rotatable bonds is 0. The van der Waals surface area contributed by atoms with Crippen LogP contribution in [-0.2, 0) is 11.2 Å². The van der Waals surface area contributed by atoms with Crippen LogP contribution in [0.4, 0.5) is 5.69 Å². The Morgan fingerprint density at radius 3 is 3.17 bits per heavy atom. The van der Waals surface area contributed by atoms with E-state index in [0.29, 0.717) is 13.0 Å². The summed E-state index contributed by atoms with van der Waals surface area (Å²) in [5.41, 5.74) is 2.84. The van der Waals surface area contributed by atoms with Crippen molar-refractivity contribution in [2.24, 2.45) is 0 Å². The summed E-state index contributed by atoms with van der Waals surface area (Å²) in [5.74, 6) is 0.209. The summed E-state index contributed by atoms with van der Waals surface area (Å²) in [6.45, 7) is 2.37. The van der Waals surface area contributed by atoms with Gasteiger partial charge in [0.25, 0.3) is 0 Å². The SMILES string of the molecule is Cc1ccc2c(n1)CC(=O)CN2. The van der Waals surface area contributed by atoms with E-state index in [4.69, 9.17) is 0 Å². The molecule has 0 fully saturated rings. The molecular formula is C9H10N2O. The van der Waals surface area contributed by atoms with Crippen molar-refractivity contribution in [3.05, 3.63) is 23.5 Å². The van der Waals surface area contributed by atoms with Crippen LogP contribution in [0.25, 0.3) is 0 Å². The number of pyridine rings is 1. The number of hydrogen-bond acceptors (Lipinski definition) is 3. The Bertz CT molecular complexity index is 333. The van der Waals surface area contributed by atoms with Gasteiger partial charge in [0.1, 0.15) is 0 Å². The third kappa shape index (κ3) is 1.18. The zero-order valence-corrected chi connectivity index (χ0v) is 6.92. The Morgan fingerprint density at radius 2 is 2.33 bits per heavy atom. The third-order valence-electron chi connectivity index (χ3n) is 1.95. The normalized spacial score (nSPS) is 15.2. The van der Waals surface area contributed by atoms with E-state index in [0.717, 1.165) is 17.1 Å². The topological polar surface area (TPSA) is 42.0 Å². The van der Waals surface area contributed by atoms with E-state index in [1.165, 1.54) is 0 Å². The number of anilines is 1. The number of ketones is 1. The molecule has 12 heavy (non-hydrogen) atoms. The lowest BCUT2D eigenvalue weighted by Crippen LogP contribution is -2.23. The van der Waals surface area contributed by atoms with Gasteiger partial charge in [0.2, 0.25) is 0 Å². The molecule has 0 unspecified atom stereocenters. The lowest BCUT2D eigenvalue weighted by Gasteiger charge is -2.15. The molecule has 0 aliphatic carbocycles. The first-order chi connectivity index (χ1) is 5.75. The summed E-state index contributed by atoms with van der Waals surface area (Å²) in [5, 5.41) is 3.03. The third-order valence-corrected chi connectivity index (χ3v) is 1.95. The minimum Gasteiger partial charge on any atom is -0.376 e. The fraction of sp³-hybridized carbons (Fsp3) is 0.333. The van der Waals surface area contributed by atoms with Crippen molar-refractivity contribution in [3.8, 4) is 0 Å². The summed E-state index contributed by atoms with van der Waals surface area (Å²) in [4.78, 5) is 15.3. The Hall–Kier alpha value is -1.38. The van der Waals surface area contributed by atoms with Crippen molar-refractivity contribution in [2.75, 3.05) is 11.9 Å². The molecule has 2 rings (SSSR count). The summed E-state index contributed by atoms with van der Waals surface area (Å²) < 4.78 is 0. The first-order valence-corrected chi connectivity index (χ1v) is 3.98. The Labute approximate surface area is 70.8 Å². The van der Waals surface area contributed by atoms with Crippen LogP contribution in [-0.4, -0.2) is 17.3 Å². The highest BCUT2D eigenvalue weighted by molar-refractivity contribution is 5.88. The Balaban J connectivity index is 2.44. The van der Waals surface area contributed by atoms with Crippen LogP contribution in [0.3, 0.4) is 0 Å². The summed E-state index contributed by atoms with van der Waals surface area (Å²) in [6, 6.07) is 3.92. The van der Waals surface area contributed by atoms with E-state index in [9.17, 15) is 4.79 Å². The number of nitrogens with zero attached hydrogens (tertiary/aromatic N) is 1. The first kappa shape index (κ1) is 7.28. The first-order valence-electron chi connectivity index (χ1n) is 3.98. The smallest absolute Gasteiger partial charge is 0.157 e. The van der Waals surface area contributed by atoms with Crippen LogP contribution in [0.1, 0.15) is 11.4 Å². The van der Waals surface area contributed by atoms with Gasteiger partial charge in [0.15, 0.2) is 5.78 Å². The number of Topliss-reactive ketones (excluding diaryl/α,β-unsaturated/α-hetero) is 1. The second-order valence-corrected chi connectivity index (χ2v) is 3.02. The molecule has 1 N–H and O–H groups in total. The van der Waals surface area contributed by atoms with Gasteiger partial charge < -0.3 is 5.32 Å². The molecule has 1 aromatic rings. The zero-order valence-electron chi connectivity index (χ0n) is 6.92. The van der Waals surface area contributed by atoms with Crippen LogP contribution in [0.15, 0.2) is 12.1 Å². The molecule has 1 aliphatic rings. The monoisotopic (exact) mass is 162 g/mol. The van der Waals surface area contributed by atoms with Gasteiger partial charge in [-0.15, -0.1) is 0 Å². The molecule has 62 valence electrons. The van der Waals surface area contributed by atoms with Crippen molar-refractivity contribution in [3.63, 3.8) is 0 Å². The molecular weight excluding hydrogens is 152 g/mol. The largest absolute Gasteiger partial charge is 0.376 e. The van der Waals surface area contributed by atoms with Crippen LogP contribution in [0, 0.1) is 6.92 Å². The predicted molar refractivity (Wildman–Crippen MR) is 46.2 cm³/mol. The summed E-state index contributed by atoms with van der Waals surface area (Å²) in [6.07, 6.45) is 0.476. The van der Waals surface area contributed by atoms with Crippen molar-refractivity contribution in [1.29, 1.82) is 0 Å². The average Bonchev–Trinajstić information content (AvgIpc) is 2.03. The Kier molecular flexibility index (Phi) is 1.57. The molecule has 0 bridgehead atoms. The van der Waals surface area contributed by atoms with Gasteiger partial charge in [0, 0.05) is 5.69 Å². The number of nitrogens with one attached hydrogen (secondary N) is 1. The van der Waals surface area contributed by atoms with Gasteiger partial charge in [-0.1, -0.05) is 0 Å². The van der Waals surface area contributed by atoms with Crippen molar-refractivity contribution >= 4 is 11.5 Å². The predicted octanol–water partition coefficient (Wildman–Crippen LogP) is 0.927. The second-order valence-electron chi connectivity index (χ2n) is 3.02. The molecule has 1 aliphatic heterocycles. The van der Waals surface area contributed by atoms with E-state index >= 15 is 0 Å². The van der Waals surface area contributed by atoms with Gasteiger partial charge >= 0.3 is 0 Å². The highest BCUT2D eigenvalue weighted by Crippen LogP contribution is 2.17. The van der Waals surface area contributed by atoms with E-state index in [1.54, 1.807) is 0 Å². The van der Waals surface area contributed by atoms with Crippen molar-refractivity contribution < 1.29 is 4.79 Å². The lowest BCUT2D eigenvalue weighted by atomic mass is 10.1. The maximum absolute atomic E-state index is 11.0. The van der Waals surface area contributed by atoms with E-state index in [1.807, 2.05) is 19.1 Å². The number of fused-ring (bicyclic) bond motifs is 1. The summed E-state index contributed by atoms with van der Waals surface area (Å²) >= 11 is 0. The number of hydrogen-bond donors (Lipinski definition) is 1. The standard InChI is InChI=1S/C9H10N2O/c1-6-2-3-8-9(11-6)4-7(12)5-10-8/h2-3,10H,4-5H2,1H3. The molecule has 0 saturated heterocycles. The highest BCUT2D eigenvalue weighted by Gasteiger charge is 2.15. The van der Waals surface area contributed by atoms with Crippen molar-refractivity contribution in [1.82, 2.24) is 4.98 Å². The lowest BCUT2D eigenvalue weighted by molar-refractivity contribution is -0.117. The molecule has 0 amide bonds. The molecule has 0 saturated carbocycles. The maximum Gasteiger partial charge on any atom is 0.157 e. The van der Waals surface area contributed by atoms with E-state index in [-0.39, 0.29) is 5.78 Å². The average molecular weight is 162 g/mol. The van der Waals surface area contributed by atoms with Crippen LogP contribution in [0.5, 0.6) is 0 Å². The van der Waals surface area contributed by atoms with Gasteiger partial charge in [-0.05, 0) is 19.1 Å². The maximum atomic E-state index is 11.0. The number of aromatic nitrogens is 1. The molecule has 0 spiro atoms. The number of carbonyl (C=O) groups is 1. The molecule has 3 heteroatoms. The molecule has 0 atom stereocenters. The number of carbonyl (C=O) groups excluding carboxylic acids is 1. The van der Waals surface area contributed by atoms with Crippen LogP contribution in [0.2, 0.25) is 0 Å². The molecule has 3 nitrogen and oxygen atoms in total. The zero-order chi connectivity index (χ0) is 8.55. The fourth-order valence-electron chi connectivity index (χ4n) is 1.35. The second kappa shape index (κ2) is 2.59. The van der Waals surface area contributed by atoms with Gasteiger partial charge in [-0.2, -0.15) is 0 Å². The van der Waals surface area contributed by atoms with E-state index < -0.39 is 0 Å². The quantitative estimate of drug-likeness (QED) is 0.617. The van der Waals surface area contributed by atoms with Gasteiger partial charge in [0.05, 0.1) is 24.3 Å². The summed E-state index contributed by atoms with van der Waals surface area (Å²) in [7, 11) is 0. The molecule has 1 aromatic heterocycles. The van der Waals surface area contributed by atoms with Gasteiger partial charge in [-0.25, -0.2) is 0 Å². The van der Waals surface area contributed by atoms with Crippen molar-refractivity contribution in [2.45, 2.75) is 13.3 Å². The van der Waals surface area contributed by atoms with Crippen LogP contribution >= 0.6 is 0 Å². The Morgan fingerprint density at radius 1 is 1.50 bits per heavy atom. The molecule has 2 heterocycles. The fourth-order valence-corrected chi connectivity index (χ4v) is 1.35. The van der Waals surface area contributed by atoms with Crippen LogP contribution < -0.4 is 5.32 Å². The molecule has 0 radical (unpaired) electrons. The molecule has 0 aromatic carbocycles. The minimum atomic E-state index is 0.209. The minimum absolute atomic E-state index is 0.209. The van der Waals surface area contributed by atoms with E-state index in [2.05, 4.69) is 10.3 Å².